The Kier molecular flexibility index (Phi) is 5.74. The lowest BCUT2D eigenvalue weighted by Gasteiger charge is -2.35. The maximum atomic E-state index is 13.3. The highest BCUT2D eigenvalue weighted by molar-refractivity contribution is 5.89. The largest absolute Gasteiger partial charge is 0.497 e. The molecule has 4 rings (SSSR count). The van der Waals surface area contributed by atoms with Crippen molar-refractivity contribution in [3.63, 3.8) is 0 Å². The zero-order chi connectivity index (χ0) is 20.9. The van der Waals surface area contributed by atoms with Crippen LogP contribution < -0.4 is 15.0 Å². The fraction of sp³-hybridized carbons (Fsp3) is 0.227. The molecule has 2 amide bonds. The SMILES string of the molecule is COc1ccc(-c2ccc(N3CCN(C(=O)Nc4cccc(F)c4)CC3)nn2)cc1. The summed E-state index contributed by atoms with van der Waals surface area (Å²) in [6.45, 7) is 2.38. The van der Waals surface area contributed by atoms with Gasteiger partial charge in [-0.05, 0) is 54.6 Å². The highest BCUT2D eigenvalue weighted by Crippen LogP contribution is 2.22. The summed E-state index contributed by atoms with van der Waals surface area (Å²) >= 11 is 0. The van der Waals surface area contributed by atoms with Crippen molar-refractivity contribution >= 4 is 17.5 Å². The van der Waals surface area contributed by atoms with Crippen molar-refractivity contribution in [1.29, 1.82) is 0 Å². The summed E-state index contributed by atoms with van der Waals surface area (Å²) in [5.41, 5.74) is 2.20. The molecular weight excluding hydrogens is 385 g/mol. The Morgan fingerprint density at radius 3 is 2.40 bits per heavy atom. The van der Waals surface area contributed by atoms with Crippen molar-refractivity contribution in [3.05, 3.63) is 66.5 Å². The minimum atomic E-state index is -0.380. The van der Waals surface area contributed by atoms with Crippen molar-refractivity contribution < 1.29 is 13.9 Å². The molecule has 1 aromatic heterocycles. The van der Waals surface area contributed by atoms with E-state index in [2.05, 4.69) is 20.4 Å². The molecule has 0 atom stereocenters. The summed E-state index contributed by atoms with van der Waals surface area (Å²) in [6, 6.07) is 17.2. The fourth-order valence-corrected chi connectivity index (χ4v) is 3.32. The molecule has 1 fully saturated rings. The number of rotatable bonds is 4. The van der Waals surface area contributed by atoms with Gasteiger partial charge in [0.15, 0.2) is 5.82 Å². The van der Waals surface area contributed by atoms with E-state index in [4.69, 9.17) is 4.74 Å². The lowest BCUT2D eigenvalue weighted by atomic mass is 10.1. The van der Waals surface area contributed by atoms with Gasteiger partial charge in [-0.1, -0.05) is 6.07 Å². The third-order valence-corrected chi connectivity index (χ3v) is 5.00. The maximum Gasteiger partial charge on any atom is 0.321 e. The lowest BCUT2D eigenvalue weighted by Crippen LogP contribution is -2.50. The molecule has 30 heavy (non-hydrogen) atoms. The van der Waals surface area contributed by atoms with E-state index in [0.717, 1.165) is 22.8 Å². The van der Waals surface area contributed by atoms with Crippen molar-refractivity contribution in [2.24, 2.45) is 0 Å². The Morgan fingerprint density at radius 1 is 1.00 bits per heavy atom. The molecule has 2 aromatic carbocycles. The summed E-state index contributed by atoms with van der Waals surface area (Å²) in [7, 11) is 1.63. The van der Waals surface area contributed by atoms with Crippen molar-refractivity contribution in [2.75, 3.05) is 43.5 Å². The van der Waals surface area contributed by atoms with Gasteiger partial charge in [-0.15, -0.1) is 10.2 Å². The van der Waals surface area contributed by atoms with Gasteiger partial charge in [-0.25, -0.2) is 9.18 Å². The molecule has 0 unspecified atom stereocenters. The molecule has 0 aliphatic carbocycles. The number of amides is 2. The van der Waals surface area contributed by atoms with Gasteiger partial charge >= 0.3 is 6.03 Å². The molecule has 154 valence electrons. The van der Waals surface area contributed by atoms with Gasteiger partial charge in [0.25, 0.3) is 0 Å². The summed E-state index contributed by atoms with van der Waals surface area (Å²) in [4.78, 5) is 16.2. The van der Waals surface area contributed by atoms with Gasteiger partial charge in [-0.3, -0.25) is 0 Å². The average molecular weight is 407 g/mol. The van der Waals surface area contributed by atoms with Crippen LogP contribution in [0.5, 0.6) is 5.75 Å². The molecule has 1 saturated heterocycles. The topological polar surface area (TPSA) is 70.6 Å². The third kappa shape index (κ3) is 4.48. The Labute approximate surface area is 174 Å². The number of hydrogen-bond acceptors (Lipinski definition) is 5. The van der Waals surface area contributed by atoms with Gasteiger partial charge in [0.05, 0.1) is 12.8 Å². The van der Waals surface area contributed by atoms with E-state index < -0.39 is 0 Å². The molecule has 2 heterocycles. The summed E-state index contributed by atoms with van der Waals surface area (Å²) in [6.07, 6.45) is 0. The van der Waals surface area contributed by atoms with E-state index in [1.54, 1.807) is 24.1 Å². The Morgan fingerprint density at radius 2 is 1.77 bits per heavy atom. The van der Waals surface area contributed by atoms with Crippen LogP contribution >= 0.6 is 0 Å². The number of halogens is 1. The number of benzene rings is 2. The lowest BCUT2D eigenvalue weighted by molar-refractivity contribution is 0.208. The number of ether oxygens (including phenoxy) is 1. The first kappa shape index (κ1) is 19.6. The highest BCUT2D eigenvalue weighted by atomic mass is 19.1. The van der Waals surface area contributed by atoms with Crippen LogP contribution in [0.1, 0.15) is 0 Å². The number of urea groups is 1. The molecule has 7 nitrogen and oxygen atoms in total. The summed E-state index contributed by atoms with van der Waals surface area (Å²) in [5.74, 6) is 1.19. The third-order valence-electron chi connectivity index (χ3n) is 5.00. The maximum absolute atomic E-state index is 13.3. The quantitative estimate of drug-likeness (QED) is 0.715. The van der Waals surface area contributed by atoms with E-state index in [1.807, 2.05) is 36.4 Å². The second kappa shape index (κ2) is 8.77. The van der Waals surface area contributed by atoms with Crippen LogP contribution in [0.3, 0.4) is 0 Å². The van der Waals surface area contributed by atoms with E-state index in [-0.39, 0.29) is 11.8 Å². The van der Waals surface area contributed by atoms with Gasteiger partial charge in [0.1, 0.15) is 11.6 Å². The molecule has 1 aliphatic heterocycles. The Bertz CT molecular complexity index is 1000. The first-order chi connectivity index (χ1) is 14.6. The van der Waals surface area contributed by atoms with Gasteiger partial charge < -0.3 is 19.9 Å². The number of piperazine rings is 1. The minimum absolute atomic E-state index is 0.235. The number of hydrogen-bond donors (Lipinski definition) is 1. The molecule has 3 aromatic rings. The van der Waals surface area contributed by atoms with Gasteiger partial charge in [0, 0.05) is 37.4 Å². The van der Waals surface area contributed by atoms with Crippen LogP contribution in [-0.2, 0) is 0 Å². The van der Waals surface area contributed by atoms with E-state index >= 15 is 0 Å². The predicted octanol–water partition coefficient (Wildman–Crippen LogP) is 3.65. The zero-order valence-electron chi connectivity index (χ0n) is 16.6. The zero-order valence-corrected chi connectivity index (χ0v) is 16.6. The molecule has 8 heteroatoms. The highest BCUT2D eigenvalue weighted by Gasteiger charge is 2.22. The number of methoxy groups -OCH3 is 1. The fourth-order valence-electron chi connectivity index (χ4n) is 3.32. The molecule has 0 bridgehead atoms. The Hall–Kier alpha value is -3.68. The van der Waals surface area contributed by atoms with Crippen LogP contribution in [0.15, 0.2) is 60.7 Å². The molecule has 0 saturated carbocycles. The van der Waals surface area contributed by atoms with E-state index in [9.17, 15) is 9.18 Å². The summed E-state index contributed by atoms with van der Waals surface area (Å²) in [5, 5.41) is 11.4. The number of anilines is 2. The number of nitrogens with one attached hydrogen (secondary N) is 1. The van der Waals surface area contributed by atoms with E-state index in [1.165, 1.54) is 12.1 Å². The number of carbonyl (C=O) groups excluding carboxylic acids is 1. The molecule has 0 radical (unpaired) electrons. The van der Waals surface area contributed by atoms with E-state index in [0.29, 0.717) is 31.9 Å². The summed E-state index contributed by atoms with van der Waals surface area (Å²) < 4.78 is 18.5. The predicted molar refractivity (Wildman–Crippen MR) is 113 cm³/mol. The van der Waals surface area contributed by atoms with Crippen LogP contribution in [0.4, 0.5) is 20.7 Å². The molecule has 1 aliphatic rings. The standard InChI is InChI=1S/C22H22FN5O2/c1-30-19-7-5-16(6-8-19)20-9-10-21(26-25-20)27-11-13-28(14-12-27)22(29)24-18-4-2-3-17(23)15-18/h2-10,15H,11-14H2,1H3,(H,24,29). The second-order valence-corrected chi connectivity index (χ2v) is 6.92. The van der Waals surface area contributed by atoms with Crippen LogP contribution in [0, 0.1) is 5.82 Å². The monoisotopic (exact) mass is 407 g/mol. The van der Waals surface area contributed by atoms with Crippen LogP contribution in [-0.4, -0.2) is 54.4 Å². The van der Waals surface area contributed by atoms with Crippen LogP contribution in [0.25, 0.3) is 11.3 Å². The molecular formula is C22H22FN5O2. The first-order valence-corrected chi connectivity index (χ1v) is 9.67. The molecule has 1 N–H and O–H groups in total. The Balaban J connectivity index is 1.34. The smallest absolute Gasteiger partial charge is 0.321 e. The molecule has 0 spiro atoms. The number of nitrogens with zero attached hydrogens (tertiary/aromatic N) is 4. The average Bonchev–Trinajstić information content (AvgIpc) is 2.79. The van der Waals surface area contributed by atoms with Gasteiger partial charge in [-0.2, -0.15) is 0 Å². The first-order valence-electron chi connectivity index (χ1n) is 9.67. The van der Waals surface area contributed by atoms with Crippen molar-refractivity contribution in [3.8, 4) is 17.0 Å². The number of aromatic nitrogens is 2. The normalized spacial score (nSPS) is 13.8. The second-order valence-electron chi connectivity index (χ2n) is 6.92. The van der Waals surface area contributed by atoms with Crippen molar-refractivity contribution in [2.45, 2.75) is 0 Å². The number of carbonyl (C=O) groups is 1. The van der Waals surface area contributed by atoms with Crippen molar-refractivity contribution in [1.82, 2.24) is 15.1 Å². The van der Waals surface area contributed by atoms with Crippen LogP contribution in [0.2, 0.25) is 0 Å². The minimum Gasteiger partial charge on any atom is -0.497 e. The van der Waals surface area contributed by atoms with Gasteiger partial charge in [0.2, 0.25) is 0 Å².